The predicted molar refractivity (Wildman–Crippen MR) is 70.3 cm³/mol. The Kier molecular flexibility index (Phi) is 4.07. The molecule has 4 nitrogen and oxygen atoms in total. The van der Waals surface area contributed by atoms with Crippen LogP contribution >= 0.6 is 11.3 Å². The molecule has 94 valence electrons. The van der Waals surface area contributed by atoms with Crippen LogP contribution in [0.1, 0.15) is 15.9 Å². The molecule has 0 fully saturated rings. The molecule has 0 radical (unpaired) electrons. The van der Waals surface area contributed by atoms with E-state index in [0.717, 1.165) is 5.56 Å². The van der Waals surface area contributed by atoms with Gasteiger partial charge in [-0.1, -0.05) is 12.1 Å². The minimum absolute atomic E-state index is 0.225. The maximum atomic E-state index is 11.9. The van der Waals surface area contributed by atoms with Crippen LogP contribution in [0, 0.1) is 0 Å². The number of ether oxygens (including phenoxy) is 1. The zero-order valence-electron chi connectivity index (χ0n) is 10.3. The molecule has 0 aliphatic carbocycles. The number of methoxy groups -OCH3 is 1. The van der Waals surface area contributed by atoms with Crippen molar-refractivity contribution in [3.05, 3.63) is 51.8 Å². The van der Waals surface area contributed by atoms with E-state index in [1.54, 1.807) is 19.2 Å². The number of aryl methyl sites for hydroxylation is 1. The van der Waals surface area contributed by atoms with Crippen LogP contribution < -0.4 is 4.80 Å². The Morgan fingerprint density at radius 3 is 2.67 bits per heavy atom. The first-order chi connectivity index (χ1) is 8.70. The molecule has 2 rings (SSSR count). The Morgan fingerprint density at radius 2 is 2.11 bits per heavy atom. The highest BCUT2D eigenvalue weighted by Gasteiger charge is 2.04. The van der Waals surface area contributed by atoms with Crippen LogP contribution in [0.2, 0.25) is 0 Å². The number of thiazole rings is 1. The van der Waals surface area contributed by atoms with Crippen LogP contribution in [0.3, 0.4) is 0 Å². The third-order valence-corrected chi connectivity index (χ3v) is 3.32. The van der Waals surface area contributed by atoms with Crippen molar-refractivity contribution >= 4 is 17.2 Å². The lowest BCUT2D eigenvalue weighted by molar-refractivity contribution is 0.0998. The number of rotatable bonds is 3. The molecule has 0 N–H and O–H groups in total. The van der Waals surface area contributed by atoms with E-state index < -0.39 is 0 Å². The van der Waals surface area contributed by atoms with E-state index >= 15 is 0 Å². The van der Waals surface area contributed by atoms with Crippen molar-refractivity contribution < 1.29 is 9.53 Å². The van der Waals surface area contributed by atoms with Gasteiger partial charge in [-0.05, 0) is 17.7 Å². The monoisotopic (exact) mass is 262 g/mol. The summed E-state index contributed by atoms with van der Waals surface area (Å²) in [6.45, 7) is 0.547. The second-order valence-corrected chi connectivity index (χ2v) is 4.72. The number of aromatic nitrogens is 1. The summed E-state index contributed by atoms with van der Waals surface area (Å²) in [5, 5.41) is 1.90. The lowest BCUT2D eigenvalue weighted by atomic mass is 10.1. The Balaban J connectivity index is 2.22. The largest absolute Gasteiger partial charge is 0.380 e. The number of nitrogens with zero attached hydrogens (tertiary/aromatic N) is 2. The Labute approximate surface area is 109 Å². The van der Waals surface area contributed by atoms with Gasteiger partial charge in [0, 0.05) is 31.3 Å². The van der Waals surface area contributed by atoms with E-state index in [1.165, 1.54) is 11.3 Å². The minimum atomic E-state index is -0.225. The molecule has 2 aromatic rings. The molecule has 0 unspecified atom stereocenters. The van der Waals surface area contributed by atoms with Crippen molar-refractivity contribution in [3.63, 3.8) is 0 Å². The van der Waals surface area contributed by atoms with Gasteiger partial charge in [0.1, 0.15) is 0 Å². The molecule has 1 heterocycles. The van der Waals surface area contributed by atoms with E-state index in [4.69, 9.17) is 4.74 Å². The van der Waals surface area contributed by atoms with Gasteiger partial charge in [-0.2, -0.15) is 4.99 Å². The van der Waals surface area contributed by atoms with Crippen LogP contribution in [0.5, 0.6) is 0 Å². The molecular formula is C13H14N2O2S. The molecule has 5 heteroatoms. The van der Waals surface area contributed by atoms with Gasteiger partial charge in [-0.3, -0.25) is 4.79 Å². The van der Waals surface area contributed by atoms with E-state index in [-0.39, 0.29) is 5.91 Å². The van der Waals surface area contributed by atoms with Crippen LogP contribution in [-0.2, 0) is 18.4 Å². The van der Waals surface area contributed by atoms with Crippen molar-refractivity contribution in [2.24, 2.45) is 12.0 Å². The maximum absolute atomic E-state index is 11.9. The van der Waals surface area contributed by atoms with Crippen molar-refractivity contribution in [2.45, 2.75) is 6.61 Å². The number of carbonyl (C=O) groups is 1. The summed E-state index contributed by atoms with van der Waals surface area (Å²) in [4.78, 5) is 16.7. The second kappa shape index (κ2) is 5.75. The molecule has 1 aromatic carbocycles. The standard InChI is InChI=1S/C13H14N2O2S/c1-15-7-8-18-13(15)14-12(16)11-5-3-10(4-6-11)9-17-2/h3-8H,9H2,1-2H3. The number of hydrogen-bond acceptors (Lipinski definition) is 3. The first-order valence-electron chi connectivity index (χ1n) is 5.48. The molecule has 0 aliphatic heterocycles. The number of hydrogen-bond donors (Lipinski definition) is 0. The summed E-state index contributed by atoms with van der Waals surface area (Å²) in [6, 6.07) is 7.29. The first-order valence-corrected chi connectivity index (χ1v) is 6.36. The van der Waals surface area contributed by atoms with Crippen LogP contribution in [0.15, 0.2) is 40.8 Å². The van der Waals surface area contributed by atoms with E-state index in [0.29, 0.717) is 17.0 Å². The molecule has 0 saturated heterocycles. The summed E-state index contributed by atoms with van der Waals surface area (Å²) >= 11 is 1.44. The SMILES string of the molecule is COCc1ccc(C(=O)N=c2sccn2C)cc1. The normalized spacial score (nSPS) is 11.8. The van der Waals surface area contributed by atoms with Crippen molar-refractivity contribution in [1.29, 1.82) is 0 Å². The third kappa shape index (κ3) is 2.94. The molecule has 1 aromatic heterocycles. The number of benzene rings is 1. The lowest BCUT2D eigenvalue weighted by Crippen LogP contribution is -2.12. The van der Waals surface area contributed by atoms with Gasteiger partial charge in [0.2, 0.25) is 0 Å². The van der Waals surface area contributed by atoms with Gasteiger partial charge in [-0.15, -0.1) is 11.3 Å². The van der Waals surface area contributed by atoms with Gasteiger partial charge in [0.05, 0.1) is 6.61 Å². The Bertz CT molecular complexity index is 596. The zero-order chi connectivity index (χ0) is 13.0. The predicted octanol–water partition coefficient (Wildman–Crippen LogP) is 1.97. The Morgan fingerprint density at radius 1 is 1.39 bits per heavy atom. The average molecular weight is 262 g/mol. The second-order valence-electron chi connectivity index (χ2n) is 3.84. The molecule has 1 amide bonds. The molecular weight excluding hydrogens is 248 g/mol. The topological polar surface area (TPSA) is 43.6 Å². The molecule has 0 saturated carbocycles. The van der Waals surface area contributed by atoms with Gasteiger partial charge in [0.15, 0.2) is 4.80 Å². The number of amides is 1. The lowest BCUT2D eigenvalue weighted by Gasteiger charge is -2.00. The smallest absolute Gasteiger partial charge is 0.279 e. The van der Waals surface area contributed by atoms with E-state index in [9.17, 15) is 4.79 Å². The van der Waals surface area contributed by atoms with Gasteiger partial charge < -0.3 is 9.30 Å². The average Bonchev–Trinajstić information content (AvgIpc) is 2.76. The fourth-order valence-corrected chi connectivity index (χ4v) is 2.22. The summed E-state index contributed by atoms with van der Waals surface area (Å²) in [5.41, 5.74) is 1.62. The highest BCUT2D eigenvalue weighted by molar-refractivity contribution is 7.07. The summed E-state index contributed by atoms with van der Waals surface area (Å²) in [7, 11) is 3.51. The van der Waals surface area contributed by atoms with Crippen LogP contribution in [-0.4, -0.2) is 17.6 Å². The summed E-state index contributed by atoms with van der Waals surface area (Å²) in [5.74, 6) is -0.225. The van der Waals surface area contributed by atoms with Gasteiger partial charge in [-0.25, -0.2) is 0 Å². The molecule has 0 atom stereocenters. The van der Waals surface area contributed by atoms with Crippen molar-refractivity contribution in [1.82, 2.24) is 4.57 Å². The highest BCUT2D eigenvalue weighted by Crippen LogP contribution is 2.06. The van der Waals surface area contributed by atoms with Crippen molar-refractivity contribution in [3.8, 4) is 0 Å². The number of carbonyl (C=O) groups excluding carboxylic acids is 1. The summed E-state index contributed by atoms with van der Waals surface area (Å²) < 4.78 is 6.84. The third-order valence-electron chi connectivity index (χ3n) is 2.47. The molecule has 0 bridgehead atoms. The van der Waals surface area contributed by atoms with Crippen molar-refractivity contribution in [2.75, 3.05) is 7.11 Å². The Hall–Kier alpha value is -1.72. The van der Waals surface area contributed by atoms with E-state index in [2.05, 4.69) is 4.99 Å². The fourth-order valence-electron chi connectivity index (χ4n) is 1.50. The van der Waals surface area contributed by atoms with E-state index in [1.807, 2.05) is 35.3 Å². The molecule has 18 heavy (non-hydrogen) atoms. The van der Waals surface area contributed by atoms with Gasteiger partial charge >= 0.3 is 0 Å². The zero-order valence-corrected chi connectivity index (χ0v) is 11.1. The molecule has 0 spiro atoms. The summed E-state index contributed by atoms with van der Waals surface area (Å²) in [6.07, 6.45) is 1.87. The quantitative estimate of drug-likeness (QED) is 0.849. The minimum Gasteiger partial charge on any atom is -0.380 e. The van der Waals surface area contributed by atoms with Gasteiger partial charge in [0.25, 0.3) is 5.91 Å². The molecule has 0 aliphatic rings. The van der Waals surface area contributed by atoms with Crippen LogP contribution in [0.25, 0.3) is 0 Å². The first kappa shape index (κ1) is 12.7. The van der Waals surface area contributed by atoms with Crippen LogP contribution in [0.4, 0.5) is 0 Å². The highest BCUT2D eigenvalue weighted by atomic mass is 32.1. The fraction of sp³-hybridized carbons (Fsp3) is 0.231. The maximum Gasteiger partial charge on any atom is 0.279 e.